The van der Waals surface area contributed by atoms with E-state index in [0.717, 1.165) is 5.56 Å². The largest absolute Gasteiger partial charge is 0.482 e. The molecule has 31 heavy (non-hydrogen) atoms. The zero-order valence-electron chi connectivity index (χ0n) is 16.2. The van der Waals surface area contributed by atoms with Crippen molar-refractivity contribution in [3.63, 3.8) is 0 Å². The highest BCUT2D eigenvalue weighted by molar-refractivity contribution is 6.42. The van der Waals surface area contributed by atoms with E-state index in [9.17, 15) is 4.79 Å². The standard InChI is InChI=1S/C21H17Cl2N5O3/c22-15-7-4-8-16(20(15)23)31-13-18(29)24-11-12-30-19-10-9-17-25-26-21(28(17)27-19)14-5-2-1-3-6-14/h1-10H,11-13H2,(H,24,29). The molecular formula is C21H17Cl2N5O3. The third-order valence-electron chi connectivity index (χ3n) is 4.22. The maximum Gasteiger partial charge on any atom is 0.258 e. The number of fused-ring (bicyclic) bond motifs is 1. The molecule has 0 saturated heterocycles. The van der Waals surface area contributed by atoms with Gasteiger partial charge in [0.1, 0.15) is 17.4 Å². The van der Waals surface area contributed by atoms with Crippen molar-refractivity contribution >= 4 is 34.8 Å². The second kappa shape index (κ2) is 9.63. The average Bonchev–Trinajstić information content (AvgIpc) is 3.21. The zero-order chi connectivity index (χ0) is 21.6. The number of benzene rings is 2. The molecule has 0 aliphatic carbocycles. The number of nitrogens with zero attached hydrogens (tertiary/aromatic N) is 4. The van der Waals surface area contributed by atoms with Crippen molar-refractivity contribution in [2.24, 2.45) is 0 Å². The van der Waals surface area contributed by atoms with E-state index in [1.54, 1.807) is 34.8 Å². The van der Waals surface area contributed by atoms with Gasteiger partial charge in [0.15, 0.2) is 18.1 Å². The Balaban J connectivity index is 1.28. The number of rotatable bonds is 8. The Morgan fingerprint density at radius 1 is 0.968 bits per heavy atom. The summed E-state index contributed by atoms with van der Waals surface area (Å²) in [4.78, 5) is 12.0. The molecule has 1 amide bonds. The smallest absolute Gasteiger partial charge is 0.258 e. The molecule has 0 aliphatic rings. The first-order valence-electron chi connectivity index (χ1n) is 9.36. The number of halogens is 2. The fraction of sp³-hybridized carbons (Fsp3) is 0.143. The Labute approximate surface area is 187 Å². The molecule has 0 aliphatic heterocycles. The van der Waals surface area contributed by atoms with Crippen LogP contribution in [-0.2, 0) is 4.79 Å². The average molecular weight is 458 g/mol. The minimum Gasteiger partial charge on any atom is -0.482 e. The summed E-state index contributed by atoms with van der Waals surface area (Å²) < 4.78 is 12.6. The molecule has 0 unspecified atom stereocenters. The maximum atomic E-state index is 12.0. The molecule has 0 radical (unpaired) electrons. The van der Waals surface area contributed by atoms with Crippen LogP contribution >= 0.6 is 23.2 Å². The zero-order valence-corrected chi connectivity index (χ0v) is 17.7. The molecule has 4 aromatic rings. The number of amides is 1. The van der Waals surface area contributed by atoms with Crippen LogP contribution in [0.4, 0.5) is 0 Å². The molecule has 1 N–H and O–H groups in total. The first-order valence-corrected chi connectivity index (χ1v) is 10.1. The number of hydrogen-bond donors (Lipinski definition) is 1. The summed E-state index contributed by atoms with van der Waals surface area (Å²) in [5, 5.41) is 16.1. The Morgan fingerprint density at radius 3 is 2.65 bits per heavy atom. The Morgan fingerprint density at radius 2 is 1.81 bits per heavy atom. The van der Waals surface area contributed by atoms with E-state index in [4.69, 9.17) is 32.7 Å². The number of carbonyl (C=O) groups is 1. The van der Waals surface area contributed by atoms with Crippen LogP contribution in [0.3, 0.4) is 0 Å². The molecule has 8 nitrogen and oxygen atoms in total. The van der Waals surface area contributed by atoms with Gasteiger partial charge in [0, 0.05) is 11.6 Å². The summed E-state index contributed by atoms with van der Waals surface area (Å²) in [7, 11) is 0. The third kappa shape index (κ3) is 5.04. The quantitative estimate of drug-likeness (QED) is 0.406. The van der Waals surface area contributed by atoms with Crippen LogP contribution in [0.5, 0.6) is 11.6 Å². The van der Waals surface area contributed by atoms with Crippen LogP contribution < -0.4 is 14.8 Å². The van der Waals surface area contributed by atoms with Gasteiger partial charge in [0.05, 0.1) is 11.6 Å². The van der Waals surface area contributed by atoms with E-state index in [2.05, 4.69) is 20.6 Å². The van der Waals surface area contributed by atoms with E-state index >= 15 is 0 Å². The minimum atomic E-state index is -0.312. The first kappa shape index (κ1) is 20.9. The van der Waals surface area contributed by atoms with Crippen LogP contribution in [0, 0.1) is 0 Å². The molecule has 0 fully saturated rings. The lowest BCUT2D eigenvalue weighted by Gasteiger charge is -2.10. The van der Waals surface area contributed by atoms with Gasteiger partial charge in [-0.3, -0.25) is 4.79 Å². The molecule has 10 heteroatoms. The van der Waals surface area contributed by atoms with Gasteiger partial charge in [-0.1, -0.05) is 59.6 Å². The van der Waals surface area contributed by atoms with Crippen molar-refractivity contribution in [3.8, 4) is 23.0 Å². The van der Waals surface area contributed by atoms with Gasteiger partial charge in [-0.05, 0) is 18.2 Å². The van der Waals surface area contributed by atoms with Crippen molar-refractivity contribution in [3.05, 3.63) is 70.7 Å². The molecule has 2 aromatic carbocycles. The highest BCUT2D eigenvalue weighted by atomic mass is 35.5. The highest BCUT2D eigenvalue weighted by Gasteiger charge is 2.11. The van der Waals surface area contributed by atoms with Crippen LogP contribution in [-0.4, -0.2) is 45.5 Å². The number of hydrogen-bond acceptors (Lipinski definition) is 6. The minimum absolute atomic E-state index is 0.189. The summed E-state index contributed by atoms with van der Waals surface area (Å²) in [5.41, 5.74) is 1.50. The molecule has 2 heterocycles. The highest BCUT2D eigenvalue weighted by Crippen LogP contribution is 2.31. The van der Waals surface area contributed by atoms with Crippen molar-refractivity contribution < 1.29 is 14.3 Å². The van der Waals surface area contributed by atoms with Crippen LogP contribution in [0.2, 0.25) is 10.0 Å². The number of nitrogens with one attached hydrogen (secondary N) is 1. The summed E-state index contributed by atoms with van der Waals surface area (Å²) in [5.74, 6) is 1.04. The predicted molar refractivity (Wildman–Crippen MR) is 117 cm³/mol. The fourth-order valence-electron chi connectivity index (χ4n) is 2.75. The second-order valence-corrected chi connectivity index (χ2v) is 7.16. The summed E-state index contributed by atoms with van der Waals surface area (Å²) in [6.45, 7) is 0.315. The van der Waals surface area contributed by atoms with E-state index in [-0.39, 0.29) is 30.7 Å². The molecule has 2 aromatic heterocycles. The Bertz CT molecular complexity index is 1200. The summed E-state index contributed by atoms with van der Waals surface area (Å²) >= 11 is 11.9. The van der Waals surface area contributed by atoms with E-state index < -0.39 is 0 Å². The fourth-order valence-corrected chi connectivity index (χ4v) is 3.10. The topological polar surface area (TPSA) is 90.6 Å². The van der Waals surface area contributed by atoms with E-state index in [1.807, 2.05) is 30.3 Å². The summed E-state index contributed by atoms with van der Waals surface area (Å²) in [6.07, 6.45) is 0. The molecule has 0 bridgehead atoms. The molecule has 0 spiro atoms. The SMILES string of the molecule is O=C(COc1cccc(Cl)c1Cl)NCCOc1ccc2nnc(-c3ccccc3)n2n1. The first-order chi connectivity index (χ1) is 15.1. The van der Waals surface area contributed by atoms with Gasteiger partial charge in [-0.25, -0.2) is 0 Å². The van der Waals surface area contributed by atoms with Crippen LogP contribution in [0.15, 0.2) is 60.7 Å². The van der Waals surface area contributed by atoms with Gasteiger partial charge in [0.2, 0.25) is 5.88 Å². The third-order valence-corrected chi connectivity index (χ3v) is 5.02. The Kier molecular flexibility index (Phi) is 6.49. The number of aromatic nitrogens is 4. The molecule has 0 atom stereocenters. The predicted octanol–water partition coefficient (Wildman–Crippen LogP) is 3.67. The van der Waals surface area contributed by atoms with Crippen LogP contribution in [0.1, 0.15) is 0 Å². The monoisotopic (exact) mass is 457 g/mol. The van der Waals surface area contributed by atoms with Crippen molar-refractivity contribution in [1.29, 1.82) is 0 Å². The lowest BCUT2D eigenvalue weighted by molar-refractivity contribution is -0.123. The van der Waals surface area contributed by atoms with Gasteiger partial charge in [-0.2, -0.15) is 4.52 Å². The van der Waals surface area contributed by atoms with E-state index in [0.29, 0.717) is 28.1 Å². The lowest BCUT2D eigenvalue weighted by atomic mass is 10.2. The molecular weight excluding hydrogens is 441 g/mol. The van der Waals surface area contributed by atoms with Crippen molar-refractivity contribution in [2.45, 2.75) is 0 Å². The molecule has 4 rings (SSSR count). The van der Waals surface area contributed by atoms with Crippen molar-refractivity contribution in [2.75, 3.05) is 19.8 Å². The molecule has 158 valence electrons. The Hall–Kier alpha value is -3.36. The van der Waals surface area contributed by atoms with Gasteiger partial charge in [0.25, 0.3) is 5.91 Å². The maximum absolute atomic E-state index is 12.0. The number of ether oxygens (including phenoxy) is 2. The van der Waals surface area contributed by atoms with Gasteiger partial charge in [-0.15, -0.1) is 15.3 Å². The van der Waals surface area contributed by atoms with Crippen molar-refractivity contribution in [1.82, 2.24) is 25.1 Å². The van der Waals surface area contributed by atoms with Crippen LogP contribution in [0.25, 0.3) is 17.0 Å². The van der Waals surface area contributed by atoms with E-state index in [1.165, 1.54) is 0 Å². The van der Waals surface area contributed by atoms with Gasteiger partial charge >= 0.3 is 0 Å². The lowest BCUT2D eigenvalue weighted by Crippen LogP contribution is -2.32. The number of carbonyl (C=O) groups excluding carboxylic acids is 1. The normalized spacial score (nSPS) is 10.8. The molecule has 0 saturated carbocycles. The second-order valence-electron chi connectivity index (χ2n) is 6.37. The van der Waals surface area contributed by atoms with Gasteiger partial charge < -0.3 is 14.8 Å². The summed E-state index contributed by atoms with van der Waals surface area (Å²) in [6, 6.07) is 18.1.